The maximum atomic E-state index is 13.6. The third kappa shape index (κ3) is 4.06. The number of rotatable bonds is 5. The monoisotopic (exact) mass is 454 g/mol. The molecule has 7 nitrogen and oxygen atoms in total. The summed E-state index contributed by atoms with van der Waals surface area (Å²) in [6.07, 6.45) is 0.709. The number of anilines is 2. The Hall–Kier alpha value is -3.72. The highest BCUT2D eigenvalue weighted by atomic mass is 32.2. The second-order valence-electron chi connectivity index (χ2n) is 7.31. The zero-order chi connectivity index (χ0) is 22.9. The van der Waals surface area contributed by atoms with Gasteiger partial charge >= 0.3 is 5.97 Å². The second-order valence-corrected chi connectivity index (χ2v) is 9.13. The van der Waals surface area contributed by atoms with E-state index >= 15 is 0 Å². The van der Waals surface area contributed by atoms with E-state index in [1.807, 2.05) is 0 Å². The Morgan fingerprint density at radius 1 is 1.00 bits per heavy atom. The summed E-state index contributed by atoms with van der Waals surface area (Å²) in [5.41, 5.74) is 1.28. The van der Waals surface area contributed by atoms with Crippen LogP contribution in [0.15, 0.2) is 77.7 Å². The number of aromatic carboxylic acids is 1. The molecule has 0 radical (unpaired) electrons. The molecule has 1 heterocycles. The largest absolute Gasteiger partial charge is 0.478 e. The van der Waals surface area contributed by atoms with E-state index in [0.717, 1.165) is 15.9 Å². The van der Waals surface area contributed by atoms with Gasteiger partial charge < -0.3 is 10.4 Å². The molecule has 32 heavy (non-hydrogen) atoms. The Morgan fingerprint density at radius 2 is 1.72 bits per heavy atom. The average molecular weight is 454 g/mol. The van der Waals surface area contributed by atoms with Gasteiger partial charge in [0, 0.05) is 5.69 Å². The molecule has 1 aliphatic rings. The summed E-state index contributed by atoms with van der Waals surface area (Å²) < 4.78 is 41.5. The lowest BCUT2D eigenvalue weighted by molar-refractivity contribution is -0.117. The van der Waals surface area contributed by atoms with Crippen LogP contribution in [0.4, 0.5) is 15.8 Å². The van der Waals surface area contributed by atoms with Crippen molar-refractivity contribution in [2.24, 2.45) is 0 Å². The van der Waals surface area contributed by atoms with E-state index in [1.165, 1.54) is 42.5 Å². The van der Waals surface area contributed by atoms with Gasteiger partial charge in [-0.3, -0.25) is 9.10 Å². The molecule has 2 N–H and O–H groups in total. The van der Waals surface area contributed by atoms with Gasteiger partial charge in [0.05, 0.1) is 16.1 Å². The van der Waals surface area contributed by atoms with Crippen molar-refractivity contribution >= 4 is 33.3 Å². The Morgan fingerprint density at radius 3 is 2.44 bits per heavy atom. The number of hydrogen-bond donors (Lipinski definition) is 2. The van der Waals surface area contributed by atoms with E-state index < -0.39 is 33.8 Å². The minimum Gasteiger partial charge on any atom is -0.478 e. The van der Waals surface area contributed by atoms with Crippen molar-refractivity contribution < 1.29 is 27.5 Å². The van der Waals surface area contributed by atoms with Gasteiger partial charge in [-0.2, -0.15) is 0 Å². The molecule has 3 aromatic rings. The van der Waals surface area contributed by atoms with Crippen LogP contribution in [-0.4, -0.2) is 31.4 Å². The van der Waals surface area contributed by atoms with Crippen molar-refractivity contribution in [1.29, 1.82) is 0 Å². The third-order valence-corrected chi connectivity index (χ3v) is 7.07. The van der Waals surface area contributed by atoms with Crippen LogP contribution in [0.5, 0.6) is 0 Å². The van der Waals surface area contributed by atoms with Crippen LogP contribution in [0.25, 0.3) is 0 Å². The Balaban J connectivity index is 1.77. The standard InChI is InChI=1S/C23H19FN2O5S/c24-17-9-11-18(12-10-17)25-22(27)21-13-8-15-4-1-2-7-20(15)26(21)32(30,31)19-6-3-5-16(14-19)23(28)29/h1-7,9-12,14,21H,8,13H2,(H,25,27)(H,28,29). The molecule has 0 saturated heterocycles. The number of carboxylic acid groups (broad SMARTS) is 1. The Kier molecular flexibility index (Phi) is 5.67. The summed E-state index contributed by atoms with van der Waals surface area (Å²) >= 11 is 0. The number of hydrogen-bond acceptors (Lipinski definition) is 4. The van der Waals surface area contributed by atoms with Crippen molar-refractivity contribution in [2.75, 3.05) is 9.62 Å². The van der Waals surface area contributed by atoms with E-state index in [1.54, 1.807) is 24.3 Å². The molecule has 4 rings (SSSR count). The fraction of sp³-hybridized carbons (Fsp3) is 0.130. The van der Waals surface area contributed by atoms with Crippen molar-refractivity contribution in [2.45, 2.75) is 23.8 Å². The highest BCUT2D eigenvalue weighted by molar-refractivity contribution is 7.93. The first-order valence-electron chi connectivity index (χ1n) is 9.79. The maximum Gasteiger partial charge on any atom is 0.335 e. The number of sulfonamides is 1. The average Bonchev–Trinajstić information content (AvgIpc) is 2.79. The molecule has 164 valence electrons. The highest BCUT2D eigenvalue weighted by Crippen LogP contribution is 2.36. The first-order chi connectivity index (χ1) is 15.3. The van der Waals surface area contributed by atoms with E-state index in [9.17, 15) is 27.5 Å². The topological polar surface area (TPSA) is 104 Å². The van der Waals surface area contributed by atoms with Gasteiger partial charge in [-0.15, -0.1) is 0 Å². The van der Waals surface area contributed by atoms with Crippen molar-refractivity contribution in [3.8, 4) is 0 Å². The van der Waals surface area contributed by atoms with Gasteiger partial charge in [0.15, 0.2) is 0 Å². The van der Waals surface area contributed by atoms with Crippen LogP contribution < -0.4 is 9.62 Å². The third-order valence-electron chi connectivity index (χ3n) is 5.25. The van der Waals surface area contributed by atoms with Gasteiger partial charge in [-0.05, 0) is 66.9 Å². The van der Waals surface area contributed by atoms with E-state index in [-0.39, 0.29) is 16.9 Å². The number of benzene rings is 3. The number of amides is 1. The summed E-state index contributed by atoms with van der Waals surface area (Å²) in [4.78, 5) is 24.2. The molecule has 9 heteroatoms. The normalized spacial score (nSPS) is 15.7. The number of carboxylic acids is 1. The molecule has 0 aromatic heterocycles. The Bertz CT molecular complexity index is 1290. The summed E-state index contributed by atoms with van der Waals surface area (Å²) in [5.74, 6) is -2.28. The molecule has 0 aliphatic carbocycles. The number of carbonyl (C=O) groups is 2. The van der Waals surface area contributed by atoms with E-state index in [4.69, 9.17) is 0 Å². The van der Waals surface area contributed by atoms with Gasteiger partial charge in [0.1, 0.15) is 11.9 Å². The van der Waals surface area contributed by atoms with Gasteiger partial charge in [0.25, 0.3) is 10.0 Å². The highest BCUT2D eigenvalue weighted by Gasteiger charge is 2.40. The number of para-hydroxylation sites is 1. The minimum atomic E-state index is -4.28. The smallest absolute Gasteiger partial charge is 0.335 e. The van der Waals surface area contributed by atoms with Crippen LogP contribution in [0.1, 0.15) is 22.3 Å². The van der Waals surface area contributed by atoms with Crippen LogP contribution in [0, 0.1) is 5.82 Å². The van der Waals surface area contributed by atoms with E-state index in [2.05, 4.69) is 5.32 Å². The number of carbonyl (C=O) groups excluding carboxylic acids is 1. The first kappa shape index (κ1) is 21.5. The molecule has 0 bridgehead atoms. The van der Waals surface area contributed by atoms with Gasteiger partial charge in [-0.25, -0.2) is 17.6 Å². The fourth-order valence-electron chi connectivity index (χ4n) is 3.71. The SMILES string of the molecule is O=C(O)c1cccc(S(=O)(=O)N2c3ccccc3CCC2C(=O)Nc2ccc(F)cc2)c1. The predicted octanol–water partition coefficient (Wildman–Crippen LogP) is 3.67. The molecule has 1 aliphatic heterocycles. The molecule has 0 spiro atoms. The fourth-order valence-corrected chi connectivity index (χ4v) is 5.44. The van der Waals surface area contributed by atoms with Crippen LogP contribution in [0.3, 0.4) is 0 Å². The number of nitrogens with zero attached hydrogens (tertiary/aromatic N) is 1. The van der Waals surface area contributed by atoms with Crippen LogP contribution in [0.2, 0.25) is 0 Å². The molecule has 1 unspecified atom stereocenters. The molecule has 3 aromatic carbocycles. The zero-order valence-electron chi connectivity index (χ0n) is 16.7. The number of halogens is 1. The molecule has 1 atom stereocenters. The van der Waals surface area contributed by atoms with Crippen molar-refractivity contribution in [3.63, 3.8) is 0 Å². The van der Waals surface area contributed by atoms with Gasteiger partial charge in [-0.1, -0.05) is 24.3 Å². The summed E-state index contributed by atoms with van der Waals surface area (Å²) in [5, 5.41) is 11.9. The first-order valence-corrected chi connectivity index (χ1v) is 11.2. The lowest BCUT2D eigenvalue weighted by Gasteiger charge is -2.37. The van der Waals surface area contributed by atoms with E-state index in [0.29, 0.717) is 17.8 Å². The number of aryl methyl sites for hydroxylation is 1. The number of nitrogens with one attached hydrogen (secondary N) is 1. The predicted molar refractivity (Wildman–Crippen MR) is 117 cm³/mol. The minimum absolute atomic E-state index is 0.177. The Labute approximate surface area is 184 Å². The second kappa shape index (κ2) is 8.43. The molecule has 0 fully saturated rings. The molecule has 1 amide bonds. The van der Waals surface area contributed by atoms with Gasteiger partial charge in [0.2, 0.25) is 5.91 Å². The van der Waals surface area contributed by atoms with Crippen LogP contribution in [-0.2, 0) is 21.2 Å². The summed E-state index contributed by atoms with van der Waals surface area (Å²) in [6.45, 7) is 0. The molecular formula is C23H19FN2O5S. The zero-order valence-corrected chi connectivity index (χ0v) is 17.5. The summed E-state index contributed by atoms with van der Waals surface area (Å²) in [6, 6.07) is 16.0. The number of fused-ring (bicyclic) bond motifs is 1. The lowest BCUT2D eigenvalue weighted by atomic mass is 9.97. The lowest BCUT2D eigenvalue weighted by Crippen LogP contribution is -2.50. The molecule has 0 saturated carbocycles. The molecular weight excluding hydrogens is 435 g/mol. The quantitative estimate of drug-likeness (QED) is 0.612. The maximum absolute atomic E-state index is 13.6. The van der Waals surface area contributed by atoms with Crippen molar-refractivity contribution in [1.82, 2.24) is 0 Å². The van der Waals surface area contributed by atoms with Crippen molar-refractivity contribution in [3.05, 3.63) is 89.7 Å². The summed E-state index contributed by atoms with van der Waals surface area (Å²) in [7, 11) is -4.28. The van der Waals surface area contributed by atoms with Crippen LogP contribution >= 0.6 is 0 Å².